The van der Waals surface area contributed by atoms with E-state index in [1.807, 2.05) is 18.2 Å². The molecule has 7 nitrogen and oxygen atoms in total. The molecule has 2 amide bonds. The second kappa shape index (κ2) is 9.33. The maximum absolute atomic E-state index is 13.9. The van der Waals surface area contributed by atoms with E-state index in [0.717, 1.165) is 11.8 Å². The molecule has 0 aliphatic carbocycles. The van der Waals surface area contributed by atoms with Gasteiger partial charge in [-0.1, -0.05) is 30.0 Å². The Kier molecular flexibility index (Phi) is 6.61. The summed E-state index contributed by atoms with van der Waals surface area (Å²) >= 11 is 1.11. The quantitative estimate of drug-likeness (QED) is 0.581. The Morgan fingerprint density at radius 3 is 2.72 bits per heavy atom. The van der Waals surface area contributed by atoms with E-state index in [2.05, 4.69) is 20.8 Å². The Hall–Kier alpha value is -3.20. The minimum atomic E-state index is -0.628. The van der Waals surface area contributed by atoms with Gasteiger partial charge in [-0.25, -0.2) is 4.39 Å². The number of nitrogens with zero attached hydrogens (tertiary/aromatic N) is 2. The molecule has 1 saturated heterocycles. The number of amidine groups is 1. The van der Waals surface area contributed by atoms with Crippen molar-refractivity contribution in [2.75, 3.05) is 12.4 Å². The second-order valence-electron chi connectivity index (χ2n) is 6.15. The van der Waals surface area contributed by atoms with Gasteiger partial charge in [-0.05, 0) is 37.3 Å². The first kappa shape index (κ1) is 20.5. The van der Waals surface area contributed by atoms with Crippen LogP contribution in [-0.2, 0) is 9.59 Å². The van der Waals surface area contributed by atoms with E-state index in [0.29, 0.717) is 17.0 Å². The normalized spacial score (nSPS) is 18.3. The SMILES string of the molecule is COc1ccc(C(C)=N/N=C2\NC(=O)CC(C(=O)Nc3ccccc3)S2)cc1F. The monoisotopic (exact) mass is 414 g/mol. The number of ether oxygens (including phenoxy) is 1. The summed E-state index contributed by atoms with van der Waals surface area (Å²) in [6, 6.07) is 13.4. The molecule has 3 rings (SSSR count). The maximum Gasteiger partial charge on any atom is 0.238 e. The molecule has 1 fully saturated rings. The molecule has 0 aromatic heterocycles. The molecule has 0 saturated carbocycles. The molecule has 0 bridgehead atoms. The first-order valence-electron chi connectivity index (χ1n) is 8.75. The highest BCUT2D eigenvalue weighted by Crippen LogP contribution is 2.23. The van der Waals surface area contributed by atoms with E-state index in [9.17, 15) is 14.0 Å². The van der Waals surface area contributed by atoms with Crippen molar-refractivity contribution in [1.29, 1.82) is 0 Å². The van der Waals surface area contributed by atoms with Crippen molar-refractivity contribution >= 4 is 40.1 Å². The van der Waals surface area contributed by atoms with Crippen LogP contribution in [0.5, 0.6) is 5.75 Å². The third kappa shape index (κ3) is 5.41. The molecule has 2 aromatic carbocycles. The first-order valence-corrected chi connectivity index (χ1v) is 9.63. The molecule has 1 unspecified atom stereocenters. The van der Waals surface area contributed by atoms with Crippen LogP contribution in [0.25, 0.3) is 0 Å². The van der Waals surface area contributed by atoms with E-state index in [4.69, 9.17) is 4.74 Å². The standard InChI is InChI=1S/C20H19FN4O3S/c1-12(13-8-9-16(28-2)15(21)10-13)24-25-20-23-18(26)11-17(29-20)19(27)22-14-6-4-3-5-7-14/h3-10,17H,11H2,1-2H3,(H,22,27)(H,23,25,26). The number of carbonyl (C=O) groups excluding carboxylic acids is 2. The Morgan fingerprint density at radius 2 is 2.03 bits per heavy atom. The van der Waals surface area contributed by atoms with Crippen molar-refractivity contribution < 1.29 is 18.7 Å². The van der Waals surface area contributed by atoms with Gasteiger partial charge in [0.05, 0.1) is 12.8 Å². The number of methoxy groups -OCH3 is 1. The summed E-state index contributed by atoms with van der Waals surface area (Å²) in [7, 11) is 1.39. The maximum atomic E-state index is 13.9. The van der Waals surface area contributed by atoms with Crippen LogP contribution in [0.15, 0.2) is 58.7 Å². The Morgan fingerprint density at radius 1 is 1.28 bits per heavy atom. The van der Waals surface area contributed by atoms with Crippen molar-refractivity contribution in [1.82, 2.24) is 5.32 Å². The summed E-state index contributed by atoms with van der Waals surface area (Å²) in [6.07, 6.45) is 0.0364. The van der Waals surface area contributed by atoms with Gasteiger partial charge in [0, 0.05) is 17.7 Å². The van der Waals surface area contributed by atoms with Gasteiger partial charge in [-0.2, -0.15) is 5.10 Å². The number of nitrogens with one attached hydrogen (secondary N) is 2. The van der Waals surface area contributed by atoms with Crippen LogP contribution in [0.3, 0.4) is 0 Å². The summed E-state index contributed by atoms with van der Waals surface area (Å²) in [6.45, 7) is 1.67. The molecule has 150 valence electrons. The minimum absolute atomic E-state index is 0.0364. The number of hydrogen-bond acceptors (Lipinski definition) is 6. The highest BCUT2D eigenvalue weighted by Gasteiger charge is 2.30. The van der Waals surface area contributed by atoms with Crippen LogP contribution in [0.4, 0.5) is 10.1 Å². The van der Waals surface area contributed by atoms with Crippen molar-refractivity contribution in [2.45, 2.75) is 18.6 Å². The Bertz CT molecular complexity index is 979. The molecule has 0 radical (unpaired) electrons. The lowest BCUT2D eigenvalue weighted by Gasteiger charge is -2.21. The lowest BCUT2D eigenvalue weighted by Crippen LogP contribution is -2.41. The summed E-state index contributed by atoms with van der Waals surface area (Å²) < 4.78 is 18.7. The van der Waals surface area contributed by atoms with Gasteiger partial charge in [-0.3, -0.25) is 9.59 Å². The fraction of sp³-hybridized carbons (Fsp3) is 0.200. The van der Waals surface area contributed by atoms with Crippen LogP contribution >= 0.6 is 11.8 Å². The average Bonchev–Trinajstić information content (AvgIpc) is 2.72. The van der Waals surface area contributed by atoms with E-state index < -0.39 is 11.1 Å². The van der Waals surface area contributed by atoms with Crippen LogP contribution in [0, 0.1) is 5.82 Å². The van der Waals surface area contributed by atoms with Crippen molar-refractivity contribution in [3.05, 3.63) is 59.9 Å². The first-order chi connectivity index (χ1) is 14.0. The second-order valence-corrected chi connectivity index (χ2v) is 7.35. The zero-order valence-electron chi connectivity index (χ0n) is 15.8. The van der Waals surface area contributed by atoms with Gasteiger partial charge < -0.3 is 15.4 Å². The number of hydrogen-bond donors (Lipinski definition) is 2. The molecule has 2 N–H and O–H groups in total. The number of thioether (sulfide) groups is 1. The number of amides is 2. The van der Waals surface area contributed by atoms with E-state index in [-0.39, 0.29) is 29.2 Å². The molecule has 9 heteroatoms. The van der Waals surface area contributed by atoms with Gasteiger partial charge in [0.15, 0.2) is 16.7 Å². The fourth-order valence-corrected chi connectivity index (χ4v) is 3.48. The van der Waals surface area contributed by atoms with Crippen molar-refractivity contribution in [2.24, 2.45) is 10.2 Å². The zero-order chi connectivity index (χ0) is 20.8. The average molecular weight is 414 g/mol. The smallest absolute Gasteiger partial charge is 0.238 e. The Labute approximate surface area is 171 Å². The lowest BCUT2D eigenvalue weighted by atomic mass is 10.1. The van der Waals surface area contributed by atoms with Crippen LogP contribution in [0.1, 0.15) is 18.9 Å². The van der Waals surface area contributed by atoms with Crippen LogP contribution in [-0.4, -0.2) is 35.1 Å². The summed E-state index contributed by atoms with van der Waals surface area (Å²) in [4.78, 5) is 24.4. The molecule has 29 heavy (non-hydrogen) atoms. The predicted molar refractivity (Wildman–Crippen MR) is 112 cm³/mol. The number of carbonyl (C=O) groups is 2. The molecule has 2 aromatic rings. The van der Waals surface area contributed by atoms with Crippen LogP contribution in [0.2, 0.25) is 0 Å². The molecular formula is C20H19FN4O3S. The van der Waals surface area contributed by atoms with Crippen molar-refractivity contribution in [3.63, 3.8) is 0 Å². The lowest BCUT2D eigenvalue weighted by molar-refractivity contribution is -0.123. The summed E-state index contributed by atoms with van der Waals surface area (Å²) in [5.41, 5.74) is 1.63. The number of rotatable bonds is 5. The number of benzene rings is 2. The molecule has 0 spiro atoms. The molecule has 1 heterocycles. The van der Waals surface area contributed by atoms with Gasteiger partial charge in [-0.15, -0.1) is 5.10 Å². The molecule has 1 aliphatic heterocycles. The van der Waals surface area contributed by atoms with Crippen LogP contribution < -0.4 is 15.4 Å². The highest BCUT2D eigenvalue weighted by molar-refractivity contribution is 8.15. The topological polar surface area (TPSA) is 92.2 Å². The molecule has 1 aliphatic rings. The minimum Gasteiger partial charge on any atom is -0.494 e. The third-order valence-electron chi connectivity index (χ3n) is 4.07. The predicted octanol–water partition coefficient (Wildman–Crippen LogP) is 3.17. The van der Waals surface area contributed by atoms with Gasteiger partial charge in [0.2, 0.25) is 11.8 Å². The number of halogens is 1. The largest absolute Gasteiger partial charge is 0.494 e. The zero-order valence-corrected chi connectivity index (χ0v) is 16.6. The van der Waals surface area contributed by atoms with E-state index in [1.165, 1.54) is 19.2 Å². The highest BCUT2D eigenvalue weighted by atomic mass is 32.2. The number of para-hydroxylation sites is 1. The van der Waals surface area contributed by atoms with Gasteiger partial charge in [0.25, 0.3) is 0 Å². The number of anilines is 1. The van der Waals surface area contributed by atoms with Gasteiger partial charge in [0.1, 0.15) is 5.25 Å². The van der Waals surface area contributed by atoms with E-state index >= 15 is 0 Å². The van der Waals surface area contributed by atoms with Gasteiger partial charge >= 0.3 is 0 Å². The van der Waals surface area contributed by atoms with Crippen molar-refractivity contribution in [3.8, 4) is 5.75 Å². The molecule has 1 atom stereocenters. The van der Waals surface area contributed by atoms with E-state index in [1.54, 1.807) is 25.1 Å². The summed E-state index contributed by atoms with van der Waals surface area (Å²) in [5.74, 6) is -0.985. The fourth-order valence-electron chi connectivity index (χ4n) is 2.55. The summed E-state index contributed by atoms with van der Waals surface area (Å²) in [5, 5.41) is 13.0. The Balaban J connectivity index is 1.71. The third-order valence-corrected chi connectivity index (χ3v) is 5.14. The molecular weight excluding hydrogens is 395 g/mol.